The number of aryl methyl sites for hydroxylation is 1. The van der Waals surface area contributed by atoms with Crippen LogP contribution in [0.4, 0.5) is 5.69 Å². The first-order valence-corrected chi connectivity index (χ1v) is 11.9. The van der Waals surface area contributed by atoms with E-state index in [1.165, 1.54) is 24.8 Å². The van der Waals surface area contributed by atoms with Gasteiger partial charge in [0, 0.05) is 18.0 Å². The summed E-state index contributed by atoms with van der Waals surface area (Å²) in [6.45, 7) is 6.89. The van der Waals surface area contributed by atoms with Crippen molar-refractivity contribution in [1.29, 1.82) is 0 Å². The molecule has 4 aliphatic carbocycles. The van der Waals surface area contributed by atoms with Crippen LogP contribution in [0.15, 0.2) is 35.9 Å². The van der Waals surface area contributed by atoms with Gasteiger partial charge in [-0.3, -0.25) is 9.59 Å². The molecule has 1 unspecified atom stereocenters. The van der Waals surface area contributed by atoms with Crippen molar-refractivity contribution < 1.29 is 9.59 Å². The van der Waals surface area contributed by atoms with Crippen LogP contribution in [-0.4, -0.2) is 11.7 Å². The average molecular weight is 406 g/mol. The van der Waals surface area contributed by atoms with E-state index in [0.717, 1.165) is 36.9 Å². The molecule has 0 bridgehead atoms. The zero-order valence-electron chi connectivity index (χ0n) is 18.7. The van der Waals surface area contributed by atoms with Crippen LogP contribution in [0.5, 0.6) is 0 Å². The predicted octanol–water partition coefficient (Wildman–Crippen LogP) is 6.08. The Hall–Kier alpha value is -1.90. The topological polar surface area (TPSA) is 46.2 Å². The minimum absolute atomic E-state index is 0.107. The Balaban J connectivity index is 1.38. The van der Waals surface area contributed by atoms with Gasteiger partial charge in [-0.1, -0.05) is 37.6 Å². The highest BCUT2D eigenvalue weighted by Crippen LogP contribution is 2.66. The molecular formula is C27H35NO2. The maximum atomic E-state index is 13.4. The fraction of sp³-hybridized carbons (Fsp3) is 0.630. The number of benzene rings is 1. The van der Waals surface area contributed by atoms with Crippen LogP contribution in [0.3, 0.4) is 0 Å². The lowest BCUT2D eigenvalue weighted by Gasteiger charge is -2.58. The van der Waals surface area contributed by atoms with E-state index in [-0.39, 0.29) is 22.7 Å². The highest BCUT2D eigenvalue weighted by Gasteiger charge is 2.60. The van der Waals surface area contributed by atoms with Crippen molar-refractivity contribution in [3.8, 4) is 0 Å². The number of hydrogen-bond donors (Lipinski definition) is 1. The summed E-state index contributed by atoms with van der Waals surface area (Å²) in [6, 6.07) is 8.09. The molecule has 1 aromatic rings. The van der Waals surface area contributed by atoms with Gasteiger partial charge in [0.15, 0.2) is 5.78 Å². The number of hydrogen-bond acceptors (Lipinski definition) is 2. The number of allylic oxidation sites excluding steroid dienone is 1. The monoisotopic (exact) mass is 405 g/mol. The molecule has 1 N–H and O–H groups in total. The standard InChI is InChI=1S/C27H35NO2/c1-17-6-4-5-7-24(17)28-25(30)23-11-10-21-20-9-8-18-16-19(29)12-14-26(18,2)22(20)13-15-27(21,23)3/h4-7,16,20-23H,8-15H2,1-3H3,(H,28,30)/t20-,21-,22+,23?,26-,27-/m0/s1. The second kappa shape index (κ2) is 7.07. The summed E-state index contributed by atoms with van der Waals surface area (Å²) >= 11 is 0. The third-order valence-corrected chi connectivity index (χ3v) is 9.68. The molecule has 0 aromatic heterocycles. The van der Waals surface area contributed by atoms with E-state index in [1.54, 1.807) is 0 Å². The highest BCUT2D eigenvalue weighted by atomic mass is 16.2. The minimum atomic E-state index is 0.107. The van der Waals surface area contributed by atoms with Gasteiger partial charge in [0.2, 0.25) is 5.91 Å². The van der Waals surface area contributed by atoms with E-state index >= 15 is 0 Å². The maximum Gasteiger partial charge on any atom is 0.228 e. The van der Waals surface area contributed by atoms with E-state index in [1.807, 2.05) is 24.3 Å². The van der Waals surface area contributed by atoms with Crippen molar-refractivity contribution >= 4 is 17.4 Å². The normalized spacial score (nSPS) is 40.1. The zero-order valence-corrected chi connectivity index (χ0v) is 18.7. The molecule has 6 atom stereocenters. The number of carbonyl (C=O) groups excluding carboxylic acids is 2. The molecule has 0 spiro atoms. The summed E-state index contributed by atoms with van der Waals surface area (Å²) in [4.78, 5) is 25.4. The number of rotatable bonds is 2. The molecule has 4 aliphatic rings. The van der Waals surface area contributed by atoms with Crippen LogP contribution in [-0.2, 0) is 9.59 Å². The Morgan fingerprint density at radius 1 is 1.00 bits per heavy atom. The van der Waals surface area contributed by atoms with Gasteiger partial charge < -0.3 is 5.32 Å². The van der Waals surface area contributed by atoms with E-state index in [4.69, 9.17) is 0 Å². The fourth-order valence-corrected chi connectivity index (χ4v) is 7.92. The molecule has 5 rings (SSSR count). The predicted molar refractivity (Wildman–Crippen MR) is 120 cm³/mol. The molecule has 0 saturated heterocycles. The van der Waals surface area contributed by atoms with Gasteiger partial charge in [-0.2, -0.15) is 0 Å². The number of anilines is 1. The molecule has 3 heteroatoms. The summed E-state index contributed by atoms with van der Waals surface area (Å²) < 4.78 is 0. The van der Waals surface area contributed by atoms with Gasteiger partial charge in [-0.05, 0) is 98.2 Å². The van der Waals surface area contributed by atoms with Crippen LogP contribution >= 0.6 is 0 Å². The Kier molecular flexibility index (Phi) is 4.72. The molecule has 3 saturated carbocycles. The van der Waals surface area contributed by atoms with Gasteiger partial charge in [-0.15, -0.1) is 0 Å². The van der Waals surface area contributed by atoms with Gasteiger partial charge >= 0.3 is 0 Å². The maximum absolute atomic E-state index is 13.4. The molecule has 160 valence electrons. The molecule has 3 nitrogen and oxygen atoms in total. The van der Waals surface area contributed by atoms with Gasteiger partial charge in [0.1, 0.15) is 0 Å². The van der Waals surface area contributed by atoms with Gasteiger partial charge in [-0.25, -0.2) is 0 Å². The molecule has 1 aromatic carbocycles. The lowest BCUT2D eigenvalue weighted by molar-refractivity contribution is -0.127. The van der Waals surface area contributed by atoms with Gasteiger partial charge in [0.25, 0.3) is 0 Å². The summed E-state index contributed by atoms with van der Waals surface area (Å²) in [5.41, 5.74) is 3.82. The molecule has 0 radical (unpaired) electrons. The molecule has 0 aliphatic heterocycles. The second-order valence-electron chi connectivity index (χ2n) is 10.9. The molecular weight excluding hydrogens is 370 g/mol. The van der Waals surface area contributed by atoms with Crippen molar-refractivity contribution in [3.63, 3.8) is 0 Å². The van der Waals surface area contributed by atoms with Crippen molar-refractivity contribution in [3.05, 3.63) is 41.5 Å². The summed E-state index contributed by atoms with van der Waals surface area (Å²) in [5, 5.41) is 3.25. The van der Waals surface area contributed by atoms with E-state index in [0.29, 0.717) is 30.0 Å². The minimum Gasteiger partial charge on any atom is -0.326 e. The first kappa shape index (κ1) is 20.0. The number of fused-ring (bicyclic) bond motifs is 5. The van der Waals surface area contributed by atoms with Crippen molar-refractivity contribution in [2.75, 3.05) is 5.32 Å². The fourth-order valence-electron chi connectivity index (χ4n) is 7.92. The molecule has 0 heterocycles. The van der Waals surface area contributed by atoms with Crippen molar-refractivity contribution in [2.45, 2.75) is 72.1 Å². The number of carbonyl (C=O) groups is 2. The van der Waals surface area contributed by atoms with E-state index in [2.05, 4.69) is 32.2 Å². The Bertz CT molecular complexity index is 917. The number of para-hydroxylation sites is 1. The van der Waals surface area contributed by atoms with Crippen LogP contribution in [0, 0.1) is 41.4 Å². The van der Waals surface area contributed by atoms with E-state index < -0.39 is 0 Å². The summed E-state index contributed by atoms with van der Waals surface area (Å²) in [5.74, 6) is 2.69. The Labute approximate surface area is 180 Å². The van der Waals surface area contributed by atoms with Gasteiger partial charge in [0.05, 0.1) is 0 Å². The Morgan fingerprint density at radius 3 is 2.60 bits per heavy atom. The third kappa shape index (κ3) is 2.92. The van der Waals surface area contributed by atoms with Crippen LogP contribution in [0.2, 0.25) is 0 Å². The van der Waals surface area contributed by atoms with Crippen LogP contribution < -0.4 is 5.32 Å². The number of amides is 1. The number of ketones is 1. The highest BCUT2D eigenvalue weighted by molar-refractivity contribution is 5.94. The molecule has 1 amide bonds. The lowest BCUT2D eigenvalue weighted by Crippen LogP contribution is -2.51. The van der Waals surface area contributed by atoms with Crippen LogP contribution in [0.25, 0.3) is 0 Å². The largest absolute Gasteiger partial charge is 0.326 e. The average Bonchev–Trinajstić information content (AvgIpc) is 3.07. The SMILES string of the molecule is Cc1ccccc1NC(=O)C1CC[C@H]2[C@@H]3CCC4=CC(=O)CC[C@]4(C)[C@@H]3CC[C@]12C. The molecule has 3 fully saturated rings. The van der Waals surface area contributed by atoms with Crippen molar-refractivity contribution in [2.24, 2.45) is 34.5 Å². The smallest absolute Gasteiger partial charge is 0.228 e. The third-order valence-electron chi connectivity index (χ3n) is 9.68. The first-order valence-electron chi connectivity index (χ1n) is 11.9. The molecule has 30 heavy (non-hydrogen) atoms. The summed E-state index contributed by atoms with van der Waals surface area (Å²) in [7, 11) is 0. The lowest BCUT2D eigenvalue weighted by atomic mass is 9.47. The number of nitrogens with one attached hydrogen (secondary N) is 1. The zero-order chi connectivity index (χ0) is 21.1. The Morgan fingerprint density at radius 2 is 1.80 bits per heavy atom. The van der Waals surface area contributed by atoms with E-state index in [9.17, 15) is 9.59 Å². The van der Waals surface area contributed by atoms with Crippen molar-refractivity contribution in [1.82, 2.24) is 0 Å². The second-order valence-corrected chi connectivity index (χ2v) is 10.9. The van der Waals surface area contributed by atoms with Crippen LogP contribution in [0.1, 0.15) is 70.8 Å². The summed E-state index contributed by atoms with van der Waals surface area (Å²) in [6.07, 6.45) is 10.5. The quantitative estimate of drug-likeness (QED) is 0.648. The first-order chi connectivity index (χ1) is 14.3.